The third kappa shape index (κ3) is 4.56. The zero-order chi connectivity index (χ0) is 30.3. The monoisotopic (exact) mass is 575 g/mol. The van der Waals surface area contributed by atoms with Crippen LogP contribution in [0.4, 0.5) is 5.69 Å². The molecule has 3 N–H and O–H groups in total. The van der Waals surface area contributed by atoms with Crippen molar-refractivity contribution in [2.45, 2.75) is 37.8 Å². The van der Waals surface area contributed by atoms with Gasteiger partial charge in [0.05, 0.1) is 29.4 Å². The number of benzene rings is 2. The van der Waals surface area contributed by atoms with E-state index in [2.05, 4.69) is 16.0 Å². The number of carbonyl (C=O) groups excluding carboxylic acids is 8. The zero-order valence-corrected chi connectivity index (χ0v) is 22.5. The highest BCUT2D eigenvalue weighted by Crippen LogP contribution is 2.34. The van der Waals surface area contributed by atoms with Crippen LogP contribution in [0.3, 0.4) is 0 Å². The van der Waals surface area contributed by atoms with Gasteiger partial charge in [-0.15, -0.1) is 0 Å². The Hall–Kier alpha value is -5.40. The number of hydrogen-bond acceptors (Lipinski definition) is 10. The number of rotatable bonds is 4. The quantitative estimate of drug-likeness (QED) is 0.426. The first-order valence-corrected chi connectivity index (χ1v) is 13.0. The van der Waals surface area contributed by atoms with E-state index in [9.17, 15) is 38.4 Å². The molecule has 0 radical (unpaired) electrons. The molecular weight excluding hydrogens is 550 g/mol. The van der Waals surface area contributed by atoms with Gasteiger partial charge < -0.3 is 10.1 Å². The van der Waals surface area contributed by atoms with Crippen molar-refractivity contribution >= 4 is 52.9 Å². The van der Waals surface area contributed by atoms with Crippen LogP contribution in [0, 0.1) is 0 Å². The summed E-state index contributed by atoms with van der Waals surface area (Å²) < 4.78 is 5.10. The smallest absolute Gasteiger partial charge is 0.266 e. The lowest BCUT2D eigenvalue weighted by molar-refractivity contribution is -0.137. The summed E-state index contributed by atoms with van der Waals surface area (Å²) in [5.41, 5.74) is 1.46. The van der Waals surface area contributed by atoms with Crippen molar-refractivity contribution in [3.8, 4) is 5.75 Å². The molecule has 0 bridgehead atoms. The summed E-state index contributed by atoms with van der Waals surface area (Å²) in [6.07, 6.45) is 0.507. The number of fused-ring (bicyclic) bond motifs is 2. The largest absolute Gasteiger partial charge is 0.496 e. The van der Waals surface area contributed by atoms with Crippen molar-refractivity contribution < 1.29 is 43.1 Å². The molecule has 2 fully saturated rings. The van der Waals surface area contributed by atoms with Crippen LogP contribution in [0.25, 0.3) is 0 Å². The van der Waals surface area contributed by atoms with E-state index < -0.39 is 53.4 Å². The minimum Gasteiger partial charge on any atom is -0.496 e. The highest BCUT2D eigenvalue weighted by atomic mass is 16.5. The van der Waals surface area contributed by atoms with Crippen LogP contribution in [-0.2, 0) is 19.2 Å². The van der Waals surface area contributed by atoms with Crippen LogP contribution < -0.4 is 20.7 Å². The van der Waals surface area contributed by atoms with Gasteiger partial charge in [-0.1, -0.05) is 12.1 Å². The molecule has 14 nitrogen and oxygen atoms in total. The maximum Gasteiger partial charge on any atom is 0.266 e. The van der Waals surface area contributed by atoms with Gasteiger partial charge in [-0.25, -0.2) is 0 Å². The second-order valence-corrected chi connectivity index (χ2v) is 9.76. The number of nitrogens with one attached hydrogen (secondary N) is 3. The van der Waals surface area contributed by atoms with Crippen LogP contribution in [0.2, 0.25) is 0 Å². The fourth-order valence-corrected chi connectivity index (χ4v) is 5.38. The summed E-state index contributed by atoms with van der Waals surface area (Å²) in [4.78, 5) is 97.8. The Morgan fingerprint density at radius 1 is 0.690 bits per heavy atom. The van der Waals surface area contributed by atoms with Crippen molar-refractivity contribution in [3.05, 3.63) is 58.7 Å². The molecule has 0 aromatic heterocycles. The van der Waals surface area contributed by atoms with E-state index >= 15 is 0 Å². The molecule has 42 heavy (non-hydrogen) atoms. The number of imide groups is 4. The van der Waals surface area contributed by atoms with Gasteiger partial charge in [0.15, 0.2) is 0 Å². The number of piperidine rings is 2. The summed E-state index contributed by atoms with van der Waals surface area (Å²) in [5.74, 6) is -3.83. The second-order valence-electron chi connectivity index (χ2n) is 9.76. The molecule has 6 rings (SSSR count). The van der Waals surface area contributed by atoms with Crippen molar-refractivity contribution in [3.63, 3.8) is 0 Å². The van der Waals surface area contributed by atoms with Gasteiger partial charge in [-0.05, 0) is 37.1 Å². The molecule has 2 unspecified atom stereocenters. The molecule has 216 valence electrons. The molecule has 2 aromatic carbocycles. The minimum atomic E-state index is -0.959. The fraction of sp³-hybridized carbons (Fsp3) is 0.286. The van der Waals surface area contributed by atoms with E-state index in [-0.39, 0.29) is 53.8 Å². The molecular formula is C28H25N5O9. The molecule has 0 spiro atoms. The maximum absolute atomic E-state index is 12.5. The molecule has 2 atom stereocenters. The SMILES string of the molecule is CNc1cccc2c1C(=O)N(C1CCC(=O)NC1=O)C2=O.COc1cccc2c1C(=O)N(C1CCC(=O)NC1=O)C2=O. The molecule has 4 heterocycles. The van der Waals surface area contributed by atoms with Crippen LogP contribution >= 0.6 is 0 Å². The van der Waals surface area contributed by atoms with Crippen molar-refractivity contribution in [2.24, 2.45) is 0 Å². The number of methoxy groups -OCH3 is 1. The Balaban J connectivity index is 0.000000168. The van der Waals surface area contributed by atoms with E-state index in [0.717, 1.165) is 9.80 Å². The van der Waals surface area contributed by atoms with Gasteiger partial charge >= 0.3 is 0 Å². The number of nitrogens with zero attached hydrogens (tertiary/aromatic N) is 2. The topological polar surface area (TPSA) is 188 Å². The molecule has 0 saturated carbocycles. The van der Waals surface area contributed by atoms with Gasteiger partial charge in [0.1, 0.15) is 17.8 Å². The van der Waals surface area contributed by atoms with Gasteiger partial charge in [-0.2, -0.15) is 0 Å². The minimum absolute atomic E-state index is 0.0982. The summed E-state index contributed by atoms with van der Waals surface area (Å²) in [5, 5.41) is 7.18. The van der Waals surface area contributed by atoms with Crippen LogP contribution in [0.1, 0.15) is 67.1 Å². The van der Waals surface area contributed by atoms with E-state index in [4.69, 9.17) is 4.74 Å². The lowest BCUT2D eigenvalue weighted by Gasteiger charge is -2.27. The van der Waals surface area contributed by atoms with E-state index in [1.54, 1.807) is 37.4 Å². The summed E-state index contributed by atoms with van der Waals surface area (Å²) >= 11 is 0. The summed E-state index contributed by atoms with van der Waals surface area (Å²) in [7, 11) is 3.06. The molecule has 14 heteroatoms. The Labute approximate surface area is 238 Å². The predicted molar refractivity (Wildman–Crippen MR) is 142 cm³/mol. The number of amides is 8. The Bertz CT molecular complexity index is 1480. The number of hydrogen-bond donors (Lipinski definition) is 3. The molecule has 0 aliphatic carbocycles. The number of carbonyl (C=O) groups is 8. The highest BCUT2D eigenvalue weighted by molar-refractivity contribution is 6.26. The summed E-state index contributed by atoms with van der Waals surface area (Å²) in [6, 6.07) is 7.74. The normalized spacial score (nSPS) is 21.4. The third-order valence-corrected chi connectivity index (χ3v) is 7.39. The van der Waals surface area contributed by atoms with Crippen LogP contribution in [-0.4, -0.2) is 83.3 Å². The first-order chi connectivity index (χ1) is 20.1. The molecule has 4 aliphatic rings. The van der Waals surface area contributed by atoms with Crippen LogP contribution in [0.15, 0.2) is 36.4 Å². The Kier molecular flexibility index (Phi) is 7.29. The number of anilines is 1. The fourth-order valence-electron chi connectivity index (χ4n) is 5.38. The zero-order valence-electron chi connectivity index (χ0n) is 22.5. The second kappa shape index (κ2) is 10.9. The van der Waals surface area contributed by atoms with Gasteiger partial charge in [0, 0.05) is 25.6 Å². The van der Waals surface area contributed by atoms with E-state index in [1.807, 2.05) is 0 Å². The molecule has 8 amide bonds. The van der Waals surface area contributed by atoms with Crippen molar-refractivity contribution in [2.75, 3.05) is 19.5 Å². The highest BCUT2D eigenvalue weighted by Gasteiger charge is 2.47. The molecule has 4 aliphatic heterocycles. The van der Waals surface area contributed by atoms with Gasteiger partial charge in [-0.3, -0.25) is 58.8 Å². The first kappa shape index (κ1) is 28.1. The van der Waals surface area contributed by atoms with Crippen molar-refractivity contribution in [1.82, 2.24) is 20.4 Å². The lowest BCUT2D eigenvalue weighted by atomic mass is 10.0. The van der Waals surface area contributed by atoms with E-state index in [1.165, 1.54) is 13.2 Å². The average molecular weight is 576 g/mol. The van der Waals surface area contributed by atoms with Crippen LogP contribution in [0.5, 0.6) is 5.75 Å². The standard InChI is InChI=1S/C14H13N3O4.C14H12N2O5/c1-15-8-4-2-3-7-11(8)14(21)17(13(7)20)9-5-6-10(18)16-12(9)19;1-21-9-4-2-3-7-11(9)14(20)16(13(7)19)8-5-6-10(17)15-12(8)18/h2-4,9,15H,5-6H2,1H3,(H,16,18,19);2-4,8H,5-6H2,1H3,(H,15,17,18). The predicted octanol–water partition coefficient (Wildman–Crippen LogP) is 0.226. The van der Waals surface area contributed by atoms with Crippen molar-refractivity contribution in [1.29, 1.82) is 0 Å². The maximum atomic E-state index is 12.5. The van der Waals surface area contributed by atoms with E-state index in [0.29, 0.717) is 11.4 Å². The lowest BCUT2D eigenvalue weighted by Crippen LogP contribution is -2.54. The first-order valence-electron chi connectivity index (χ1n) is 13.0. The molecule has 2 aromatic rings. The average Bonchev–Trinajstić information content (AvgIpc) is 3.38. The number of ether oxygens (including phenoxy) is 1. The Morgan fingerprint density at radius 3 is 1.64 bits per heavy atom. The van der Waals surface area contributed by atoms with Gasteiger partial charge in [0.2, 0.25) is 23.6 Å². The Morgan fingerprint density at radius 2 is 1.17 bits per heavy atom. The molecule has 2 saturated heterocycles. The third-order valence-electron chi connectivity index (χ3n) is 7.39. The van der Waals surface area contributed by atoms with Gasteiger partial charge in [0.25, 0.3) is 23.6 Å². The summed E-state index contributed by atoms with van der Waals surface area (Å²) in [6.45, 7) is 0.